The van der Waals surface area contributed by atoms with Crippen molar-refractivity contribution in [3.8, 4) is 0 Å². The summed E-state index contributed by atoms with van der Waals surface area (Å²) in [4.78, 5) is 24.0. The Morgan fingerprint density at radius 2 is 1.89 bits per heavy atom. The molecule has 1 saturated carbocycles. The number of benzene rings is 1. The van der Waals surface area contributed by atoms with E-state index in [1.807, 2.05) is 0 Å². The summed E-state index contributed by atoms with van der Waals surface area (Å²) < 4.78 is 40.5. The minimum Gasteiger partial charge on any atom is -0.392 e. The molecule has 3 rings (SSSR count). The van der Waals surface area contributed by atoms with Crippen molar-refractivity contribution in [2.45, 2.75) is 49.4 Å². The van der Waals surface area contributed by atoms with Crippen LogP contribution in [0.3, 0.4) is 0 Å². The number of oxime groups is 1. The zero-order valence-corrected chi connectivity index (χ0v) is 21.7. The Bertz CT molecular complexity index is 1100. The number of nitrogens with zero attached hydrogens (tertiary/aromatic N) is 2. The zero-order chi connectivity index (χ0) is 25.3. The van der Waals surface area contributed by atoms with E-state index in [-0.39, 0.29) is 28.6 Å². The highest BCUT2D eigenvalue weighted by Gasteiger charge is 2.27. The molecule has 192 valence electrons. The predicted octanol–water partition coefficient (Wildman–Crippen LogP) is 3.03. The van der Waals surface area contributed by atoms with Gasteiger partial charge < -0.3 is 19.0 Å². The summed E-state index contributed by atoms with van der Waals surface area (Å²) in [5, 5.41) is 7.31. The van der Waals surface area contributed by atoms with Crippen LogP contribution in [0.5, 0.6) is 0 Å². The van der Waals surface area contributed by atoms with Gasteiger partial charge in [0.25, 0.3) is 5.91 Å². The molecule has 0 unspecified atom stereocenters. The highest BCUT2D eigenvalue weighted by atomic mass is 32.2. The number of carbonyl (C=O) groups is 1. The monoisotopic (exact) mass is 525 g/mol. The highest BCUT2D eigenvalue weighted by molar-refractivity contribution is 7.91. The van der Waals surface area contributed by atoms with E-state index in [2.05, 4.69) is 15.5 Å². The average Bonchev–Trinajstić information content (AvgIpc) is 3.49. The molecule has 1 aromatic carbocycles. The molecule has 0 spiro atoms. The first-order chi connectivity index (χ1) is 16.9. The Kier molecular flexibility index (Phi) is 10.2. The number of nitrogens with one attached hydrogen (secondary N) is 1. The van der Waals surface area contributed by atoms with Gasteiger partial charge in [-0.1, -0.05) is 28.6 Å². The number of methoxy groups -OCH3 is 3. The lowest BCUT2D eigenvalue weighted by Gasteiger charge is -2.12. The van der Waals surface area contributed by atoms with Crippen LogP contribution >= 0.6 is 11.3 Å². The third kappa shape index (κ3) is 7.80. The topological polar surface area (TPSA) is 125 Å². The Morgan fingerprint density at radius 1 is 1.14 bits per heavy atom. The normalized spacial score (nSPS) is 18.5. The summed E-state index contributed by atoms with van der Waals surface area (Å²) in [6, 6.07) is 6.04. The van der Waals surface area contributed by atoms with Crippen molar-refractivity contribution in [3.05, 3.63) is 40.9 Å². The quantitative estimate of drug-likeness (QED) is 0.240. The van der Waals surface area contributed by atoms with Crippen LogP contribution in [0.1, 0.15) is 36.1 Å². The maximum absolute atomic E-state index is 13.1. The molecule has 1 aliphatic carbocycles. The van der Waals surface area contributed by atoms with E-state index in [1.54, 1.807) is 32.5 Å². The lowest BCUT2D eigenvalue weighted by atomic mass is 10.1. The highest BCUT2D eigenvalue weighted by Crippen LogP contribution is 2.25. The van der Waals surface area contributed by atoms with Crippen LogP contribution in [0.2, 0.25) is 0 Å². The fourth-order valence-electron chi connectivity index (χ4n) is 3.62. The molecule has 10 nitrogen and oxygen atoms in total. The number of carbonyl (C=O) groups excluding carboxylic acids is 1. The molecule has 0 saturated heterocycles. The van der Waals surface area contributed by atoms with E-state index >= 15 is 0 Å². The van der Waals surface area contributed by atoms with E-state index in [0.717, 1.165) is 17.7 Å². The summed E-state index contributed by atoms with van der Waals surface area (Å²) in [6.45, 7) is 0.750. The fourth-order valence-corrected chi connectivity index (χ4v) is 5.69. The van der Waals surface area contributed by atoms with Crippen LogP contribution in [-0.2, 0) is 40.3 Å². The van der Waals surface area contributed by atoms with Gasteiger partial charge in [-0.15, -0.1) is 0 Å². The Labute approximate surface area is 209 Å². The van der Waals surface area contributed by atoms with Crippen molar-refractivity contribution in [3.63, 3.8) is 0 Å². The van der Waals surface area contributed by atoms with Crippen molar-refractivity contribution in [1.82, 2.24) is 4.98 Å². The van der Waals surface area contributed by atoms with Gasteiger partial charge in [0, 0.05) is 46.1 Å². The number of hydrogen-bond donors (Lipinski definition) is 1. The van der Waals surface area contributed by atoms with Crippen LogP contribution in [0.25, 0.3) is 0 Å². The number of thiazole rings is 1. The van der Waals surface area contributed by atoms with Gasteiger partial charge in [0.15, 0.2) is 20.7 Å². The molecule has 1 heterocycles. The molecule has 1 aromatic heterocycles. The largest absolute Gasteiger partial charge is 0.392 e. The molecule has 35 heavy (non-hydrogen) atoms. The molecule has 2 atom stereocenters. The molecule has 0 radical (unpaired) electrons. The number of hydrogen-bond acceptors (Lipinski definition) is 10. The molecule has 1 aliphatic rings. The zero-order valence-electron chi connectivity index (χ0n) is 20.1. The average molecular weight is 526 g/mol. The first kappa shape index (κ1) is 27.2. The van der Waals surface area contributed by atoms with Crippen molar-refractivity contribution < 1.29 is 32.3 Å². The molecule has 12 heteroatoms. The molecule has 1 amide bonds. The molecular weight excluding hydrogens is 494 g/mol. The van der Waals surface area contributed by atoms with Gasteiger partial charge in [-0.05, 0) is 31.4 Å². The third-order valence-electron chi connectivity index (χ3n) is 5.49. The first-order valence-electron chi connectivity index (χ1n) is 11.2. The van der Waals surface area contributed by atoms with E-state index in [9.17, 15) is 13.2 Å². The summed E-state index contributed by atoms with van der Waals surface area (Å²) in [7, 11) is 1.30. The minimum atomic E-state index is -3.47. The Balaban J connectivity index is 1.80. The summed E-state index contributed by atoms with van der Waals surface area (Å²) in [5.74, 6) is -0.540. The lowest BCUT2D eigenvalue weighted by Crippen LogP contribution is -2.25. The minimum absolute atomic E-state index is 0.0256. The van der Waals surface area contributed by atoms with Gasteiger partial charge in [-0.25, -0.2) is 13.4 Å². The summed E-state index contributed by atoms with van der Waals surface area (Å²) in [5.41, 5.74) is 0.450. The number of amides is 1. The lowest BCUT2D eigenvalue weighted by molar-refractivity contribution is -0.110. The molecule has 1 fully saturated rings. The number of ether oxygens (including phenoxy) is 3. The number of aromatic nitrogens is 1. The third-order valence-corrected chi connectivity index (χ3v) is 8.19. The van der Waals surface area contributed by atoms with E-state index in [4.69, 9.17) is 19.0 Å². The second kappa shape index (κ2) is 13.1. The Morgan fingerprint density at radius 3 is 2.54 bits per heavy atom. The van der Waals surface area contributed by atoms with E-state index in [0.29, 0.717) is 36.8 Å². The van der Waals surface area contributed by atoms with E-state index in [1.165, 1.54) is 30.6 Å². The van der Waals surface area contributed by atoms with Gasteiger partial charge in [0.2, 0.25) is 0 Å². The SMILES string of the molecule is COCCCS(=O)(=O)c1ccc(/C(=N\O[C@@H]2CC[C@@H](OC)C2)C(=O)Nc2ncc(COC)s2)cc1. The predicted molar refractivity (Wildman–Crippen MR) is 133 cm³/mol. The smallest absolute Gasteiger partial charge is 0.280 e. The first-order valence-corrected chi connectivity index (χ1v) is 13.7. The second-order valence-corrected chi connectivity index (χ2v) is 11.3. The van der Waals surface area contributed by atoms with Gasteiger partial charge in [0.1, 0.15) is 6.10 Å². The van der Waals surface area contributed by atoms with Crippen molar-refractivity contribution in [2.75, 3.05) is 39.0 Å². The van der Waals surface area contributed by atoms with Gasteiger partial charge >= 0.3 is 0 Å². The van der Waals surface area contributed by atoms with Gasteiger partial charge in [-0.3, -0.25) is 10.1 Å². The van der Waals surface area contributed by atoms with Gasteiger partial charge in [0.05, 0.1) is 28.2 Å². The van der Waals surface area contributed by atoms with Crippen LogP contribution < -0.4 is 5.32 Å². The molecule has 2 aromatic rings. The Hall–Kier alpha value is -2.38. The summed E-state index contributed by atoms with van der Waals surface area (Å²) in [6.07, 6.45) is 4.26. The van der Waals surface area contributed by atoms with Gasteiger partial charge in [-0.2, -0.15) is 0 Å². The van der Waals surface area contributed by atoms with Crippen LogP contribution in [0.15, 0.2) is 40.5 Å². The molecular formula is C23H31N3O7S2. The van der Waals surface area contributed by atoms with Crippen molar-refractivity contribution >= 4 is 37.9 Å². The summed E-state index contributed by atoms with van der Waals surface area (Å²) >= 11 is 1.29. The maximum Gasteiger partial charge on any atom is 0.280 e. The number of sulfone groups is 1. The van der Waals surface area contributed by atoms with Crippen LogP contribution in [0, 0.1) is 0 Å². The van der Waals surface area contributed by atoms with Crippen molar-refractivity contribution in [1.29, 1.82) is 0 Å². The van der Waals surface area contributed by atoms with Crippen LogP contribution in [-0.4, -0.2) is 70.9 Å². The molecule has 0 aliphatic heterocycles. The maximum atomic E-state index is 13.1. The molecule has 1 N–H and O–H groups in total. The molecule has 0 bridgehead atoms. The number of rotatable bonds is 13. The standard InChI is InChI=1S/C23H31N3O7S2/c1-30-11-4-12-35(28,29)20-9-5-16(6-10-20)21(26-33-18-8-7-17(13-18)32-3)22(27)25-23-24-14-19(34-23)15-31-2/h5-6,9-10,14,17-18H,4,7-8,11-13,15H2,1-3H3,(H,24,25,27)/b26-21+/t17-,18-/m1/s1. The van der Waals surface area contributed by atoms with Crippen molar-refractivity contribution in [2.24, 2.45) is 5.16 Å². The van der Waals surface area contributed by atoms with E-state index < -0.39 is 15.7 Å². The second-order valence-electron chi connectivity index (χ2n) is 8.05. The fraction of sp³-hybridized carbons (Fsp3) is 0.522. The number of anilines is 1. The van der Waals surface area contributed by atoms with Crippen LogP contribution in [0.4, 0.5) is 5.13 Å².